The fraction of sp³-hybridized carbons (Fsp3) is 0.368. The molecule has 2 N–H and O–H groups in total. The Morgan fingerprint density at radius 1 is 1.10 bits per heavy atom. The maximum absolute atomic E-state index is 12.4. The Hall–Kier alpha value is -3.17. The van der Waals surface area contributed by atoms with Crippen molar-refractivity contribution in [1.82, 2.24) is 15.3 Å². The Morgan fingerprint density at radius 3 is 2.34 bits per heavy atom. The molecule has 10 heteroatoms. The van der Waals surface area contributed by atoms with Crippen molar-refractivity contribution in [2.45, 2.75) is 33.0 Å². The van der Waals surface area contributed by atoms with E-state index in [9.17, 15) is 22.8 Å². The van der Waals surface area contributed by atoms with Crippen LogP contribution in [0.15, 0.2) is 36.5 Å². The molecule has 0 saturated carbocycles. The first kappa shape index (κ1) is 22.1. The van der Waals surface area contributed by atoms with Crippen molar-refractivity contribution in [2.75, 3.05) is 11.9 Å². The van der Waals surface area contributed by atoms with Crippen LogP contribution < -0.4 is 15.4 Å². The molecule has 1 aromatic heterocycles. The van der Waals surface area contributed by atoms with Gasteiger partial charge in [-0.3, -0.25) is 14.9 Å². The molecule has 0 aliphatic rings. The van der Waals surface area contributed by atoms with Gasteiger partial charge in [0, 0.05) is 12.1 Å². The van der Waals surface area contributed by atoms with E-state index in [0.717, 1.165) is 0 Å². The highest BCUT2D eigenvalue weighted by atomic mass is 19.4. The van der Waals surface area contributed by atoms with E-state index >= 15 is 0 Å². The number of carbonyl (C=O) groups excluding carboxylic acids is 2. The van der Waals surface area contributed by atoms with Gasteiger partial charge in [0.2, 0.25) is 11.9 Å². The predicted octanol–water partition coefficient (Wildman–Crippen LogP) is 3.50. The molecule has 2 amide bonds. The van der Waals surface area contributed by atoms with Gasteiger partial charge in [-0.15, -0.1) is 0 Å². The molecule has 0 fully saturated rings. The third-order valence-electron chi connectivity index (χ3n) is 3.78. The summed E-state index contributed by atoms with van der Waals surface area (Å²) in [7, 11) is 0. The summed E-state index contributed by atoms with van der Waals surface area (Å²) in [4.78, 5) is 32.1. The predicted molar refractivity (Wildman–Crippen MR) is 99.4 cm³/mol. The number of carbonyl (C=O) groups is 2. The number of nitrogens with zero attached hydrogens (tertiary/aromatic N) is 2. The lowest BCUT2D eigenvalue weighted by Crippen LogP contribution is -2.28. The molecular formula is C19H21F3N4O3. The summed E-state index contributed by atoms with van der Waals surface area (Å²) in [6.45, 7) is 3.77. The second kappa shape index (κ2) is 9.35. The number of hydrogen-bond acceptors (Lipinski definition) is 5. The zero-order valence-electron chi connectivity index (χ0n) is 16.1. The Morgan fingerprint density at radius 2 is 1.76 bits per heavy atom. The minimum absolute atomic E-state index is 0.0233. The summed E-state index contributed by atoms with van der Waals surface area (Å²) in [5, 5.41) is 5.24. The summed E-state index contributed by atoms with van der Waals surface area (Å²) < 4.78 is 41.2. The molecule has 1 unspecified atom stereocenters. The van der Waals surface area contributed by atoms with Gasteiger partial charge in [0.25, 0.3) is 5.91 Å². The van der Waals surface area contributed by atoms with Gasteiger partial charge in [0.1, 0.15) is 11.4 Å². The molecule has 156 valence electrons. The topological polar surface area (TPSA) is 93.2 Å². The first-order valence-corrected chi connectivity index (χ1v) is 8.79. The number of nitrogens with one attached hydrogen (secondary N) is 2. The van der Waals surface area contributed by atoms with Gasteiger partial charge in [0.05, 0.1) is 6.04 Å². The van der Waals surface area contributed by atoms with Crippen molar-refractivity contribution in [3.8, 4) is 5.75 Å². The number of halogens is 3. The normalized spacial score (nSPS) is 12.4. The Kier molecular flexibility index (Phi) is 7.13. The van der Waals surface area contributed by atoms with E-state index < -0.39 is 24.7 Å². The number of alkyl halides is 3. The van der Waals surface area contributed by atoms with E-state index in [0.29, 0.717) is 5.56 Å². The molecule has 2 rings (SSSR count). The summed E-state index contributed by atoms with van der Waals surface area (Å²) in [5.41, 5.74) is 0.733. The van der Waals surface area contributed by atoms with Gasteiger partial charge in [0.15, 0.2) is 6.61 Å². The van der Waals surface area contributed by atoms with Crippen LogP contribution in [0.5, 0.6) is 5.75 Å². The van der Waals surface area contributed by atoms with Crippen LogP contribution in [-0.2, 0) is 4.79 Å². The van der Waals surface area contributed by atoms with Gasteiger partial charge in [-0.1, -0.05) is 26.0 Å². The monoisotopic (exact) mass is 410 g/mol. The zero-order valence-corrected chi connectivity index (χ0v) is 16.1. The lowest BCUT2D eigenvalue weighted by atomic mass is 10.1. The molecule has 1 heterocycles. The van der Waals surface area contributed by atoms with Gasteiger partial charge < -0.3 is 10.1 Å². The van der Waals surface area contributed by atoms with E-state index in [4.69, 9.17) is 0 Å². The van der Waals surface area contributed by atoms with E-state index in [-0.39, 0.29) is 29.2 Å². The molecule has 1 atom stereocenters. The van der Waals surface area contributed by atoms with Gasteiger partial charge in [-0.05, 0) is 30.7 Å². The molecule has 2 aromatic rings. The van der Waals surface area contributed by atoms with Gasteiger partial charge in [-0.2, -0.15) is 13.2 Å². The van der Waals surface area contributed by atoms with E-state index in [2.05, 4.69) is 25.3 Å². The van der Waals surface area contributed by atoms with Crippen LogP contribution in [0.3, 0.4) is 0 Å². The molecular weight excluding hydrogens is 389 g/mol. The van der Waals surface area contributed by atoms with Gasteiger partial charge in [-0.25, -0.2) is 9.97 Å². The number of rotatable bonds is 7. The largest absolute Gasteiger partial charge is 0.484 e. The molecule has 0 aliphatic carbocycles. The molecule has 0 spiro atoms. The van der Waals surface area contributed by atoms with E-state index in [1.54, 1.807) is 32.9 Å². The van der Waals surface area contributed by atoms with Crippen molar-refractivity contribution >= 4 is 17.8 Å². The molecule has 29 heavy (non-hydrogen) atoms. The molecule has 0 bridgehead atoms. The van der Waals surface area contributed by atoms with Crippen LogP contribution in [0.1, 0.15) is 42.9 Å². The average Bonchev–Trinajstić information content (AvgIpc) is 2.66. The van der Waals surface area contributed by atoms with Crippen molar-refractivity contribution < 1.29 is 27.5 Å². The maximum atomic E-state index is 12.4. The Balaban J connectivity index is 1.99. The van der Waals surface area contributed by atoms with Crippen LogP contribution in [0.2, 0.25) is 0 Å². The highest BCUT2D eigenvalue weighted by molar-refractivity contribution is 5.94. The van der Waals surface area contributed by atoms with Crippen LogP contribution in [0.4, 0.5) is 19.1 Å². The molecule has 1 aromatic carbocycles. The van der Waals surface area contributed by atoms with E-state index in [1.807, 2.05) is 0 Å². The maximum Gasteiger partial charge on any atom is 0.422 e. The Labute approximate surface area is 165 Å². The minimum Gasteiger partial charge on any atom is -0.484 e. The summed E-state index contributed by atoms with van der Waals surface area (Å²) in [5.74, 6) is -0.929. The first-order valence-electron chi connectivity index (χ1n) is 8.79. The molecule has 0 aliphatic heterocycles. The summed E-state index contributed by atoms with van der Waals surface area (Å²) in [6.07, 6.45) is -3.06. The van der Waals surface area contributed by atoms with E-state index in [1.165, 1.54) is 24.4 Å². The summed E-state index contributed by atoms with van der Waals surface area (Å²) in [6, 6.07) is 6.88. The third kappa shape index (κ3) is 7.05. The van der Waals surface area contributed by atoms with Crippen LogP contribution >= 0.6 is 0 Å². The fourth-order valence-corrected chi connectivity index (χ4v) is 2.17. The highest BCUT2D eigenvalue weighted by Crippen LogP contribution is 2.21. The quantitative estimate of drug-likeness (QED) is 0.729. The average molecular weight is 410 g/mol. The molecule has 0 radical (unpaired) electrons. The zero-order chi connectivity index (χ0) is 21.6. The minimum atomic E-state index is -4.41. The van der Waals surface area contributed by atoms with Crippen molar-refractivity contribution in [3.05, 3.63) is 47.8 Å². The van der Waals surface area contributed by atoms with Crippen molar-refractivity contribution in [3.63, 3.8) is 0 Å². The standard InChI is InChI=1S/C19H21F3N4O3/c1-11(2)16(27)26-18-23-9-8-15(25-18)17(28)24-12(3)13-4-6-14(7-5-13)29-10-19(20,21)22/h4-9,11-12H,10H2,1-3H3,(H,24,28)(H,23,25,26,27). The smallest absolute Gasteiger partial charge is 0.422 e. The molecule has 0 saturated heterocycles. The SMILES string of the molecule is CC(C)C(=O)Nc1nccc(C(=O)NC(C)c2ccc(OCC(F)(F)F)cc2)n1. The van der Waals surface area contributed by atoms with Crippen LogP contribution in [0, 0.1) is 5.92 Å². The second-order valence-corrected chi connectivity index (χ2v) is 6.58. The third-order valence-corrected chi connectivity index (χ3v) is 3.78. The lowest BCUT2D eigenvalue weighted by molar-refractivity contribution is -0.153. The fourth-order valence-electron chi connectivity index (χ4n) is 2.17. The number of amides is 2. The number of benzene rings is 1. The van der Waals surface area contributed by atoms with Crippen molar-refractivity contribution in [1.29, 1.82) is 0 Å². The van der Waals surface area contributed by atoms with Crippen LogP contribution in [-0.4, -0.2) is 34.6 Å². The van der Waals surface area contributed by atoms with Crippen molar-refractivity contribution in [2.24, 2.45) is 5.92 Å². The number of anilines is 1. The first-order chi connectivity index (χ1) is 13.5. The Bertz CT molecular complexity index is 855. The number of hydrogen-bond donors (Lipinski definition) is 2. The highest BCUT2D eigenvalue weighted by Gasteiger charge is 2.28. The summed E-state index contributed by atoms with van der Waals surface area (Å²) >= 11 is 0. The van der Waals surface area contributed by atoms with Crippen LogP contribution in [0.25, 0.3) is 0 Å². The van der Waals surface area contributed by atoms with Gasteiger partial charge >= 0.3 is 6.18 Å². The molecule has 7 nitrogen and oxygen atoms in total. The lowest BCUT2D eigenvalue weighted by Gasteiger charge is -2.15. The number of aromatic nitrogens is 2. The second-order valence-electron chi connectivity index (χ2n) is 6.58. The number of ether oxygens (including phenoxy) is 1.